The van der Waals surface area contributed by atoms with Crippen molar-refractivity contribution in [3.63, 3.8) is 0 Å². The van der Waals surface area contributed by atoms with E-state index in [0.717, 1.165) is 30.7 Å². The van der Waals surface area contributed by atoms with Crippen LogP contribution < -0.4 is 16.5 Å². The third-order valence-corrected chi connectivity index (χ3v) is 4.63. The van der Waals surface area contributed by atoms with Crippen molar-refractivity contribution in [2.75, 3.05) is 6.54 Å². The summed E-state index contributed by atoms with van der Waals surface area (Å²) in [5.41, 5.74) is 8.25. The van der Waals surface area contributed by atoms with E-state index in [-0.39, 0.29) is 25.8 Å². The molecule has 134 valence electrons. The minimum atomic E-state index is -0.950. The number of carbonyl (C=O) groups is 2. The van der Waals surface area contributed by atoms with Gasteiger partial charge in [-0.1, -0.05) is 31.2 Å². The molecule has 2 amide bonds. The van der Waals surface area contributed by atoms with Gasteiger partial charge >= 0.3 is 0 Å². The van der Waals surface area contributed by atoms with E-state index in [2.05, 4.69) is 5.32 Å². The van der Waals surface area contributed by atoms with Crippen molar-refractivity contribution >= 4 is 23.4 Å². The Balaban J connectivity index is 0.00000288. The molecule has 6 nitrogen and oxygen atoms in total. The fraction of sp³-hybridized carbons (Fsp3) is 0.529. The number of nitrogens with two attached hydrogens (primary N) is 1. The Hall–Kier alpha value is -1.63. The van der Waals surface area contributed by atoms with Gasteiger partial charge in [-0.25, -0.2) is 5.48 Å². The number of carbonyl (C=O) groups excluding carboxylic acids is 2. The van der Waals surface area contributed by atoms with Gasteiger partial charge in [0.15, 0.2) is 0 Å². The van der Waals surface area contributed by atoms with Gasteiger partial charge in [0.1, 0.15) is 6.04 Å². The van der Waals surface area contributed by atoms with Crippen molar-refractivity contribution in [1.82, 2.24) is 10.8 Å². The molecule has 1 fully saturated rings. The number of benzene rings is 1. The molecule has 1 aromatic rings. The van der Waals surface area contributed by atoms with Crippen LogP contribution in [0.5, 0.6) is 0 Å². The number of nitrogens with one attached hydrogen (secondary N) is 2. The maximum atomic E-state index is 12.1. The van der Waals surface area contributed by atoms with Gasteiger partial charge in [0, 0.05) is 17.5 Å². The summed E-state index contributed by atoms with van der Waals surface area (Å²) in [6.45, 7) is 0.0162. The van der Waals surface area contributed by atoms with Crippen LogP contribution in [0.4, 0.5) is 0 Å². The van der Waals surface area contributed by atoms with Crippen LogP contribution in [0.15, 0.2) is 24.3 Å². The van der Waals surface area contributed by atoms with Crippen LogP contribution in [0.3, 0.4) is 0 Å². The van der Waals surface area contributed by atoms with E-state index in [1.54, 1.807) is 0 Å². The molecule has 0 radical (unpaired) electrons. The van der Waals surface area contributed by atoms with Gasteiger partial charge in [0.05, 0.1) is 0 Å². The fourth-order valence-electron chi connectivity index (χ4n) is 2.95. The lowest BCUT2D eigenvalue weighted by Gasteiger charge is -2.28. The van der Waals surface area contributed by atoms with Crippen molar-refractivity contribution in [3.05, 3.63) is 34.9 Å². The molecule has 0 aromatic heterocycles. The number of rotatable bonds is 5. The van der Waals surface area contributed by atoms with Crippen LogP contribution in [-0.2, 0) is 9.59 Å². The lowest BCUT2D eigenvalue weighted by Crippen LogP contribution is -2.48. The first-order valence-electron chi connectivity index (χ1n) is 7.74. The van der Waals surface area contributed by atoms with Crippen LogP contribution in [0, 0.1) is 5.92 Å². The Kier molecular flexibility index (Phi) is 8.18. The van der Waals surface area contributed by atoms with Crippen LogP contribution in [0.2, 0.25) is 5.02 Å². The number of hydroxylamine groups is 1. The topological polar surface area (TPSA) is 104 Å². The van der Waals surface area contributed by atoms with E-state index < -0.39 is 11.9 Å². The zero-order valence-electron chi connectivity index (χ0n) is 12.8. The molecule has 1 aliphatic carbocycles. The predicted molar refractivity (Wildman–Crippen MR) is 93.8 cm³/mol. The molecule has 0 saturated heterocycles. The number of halogens is 1. The Morgan fingerprint density at radius 1 is 1.21 bits per heavy atom. The molecular weight excluding hydrogens is 330 g/mol. The normalized spacial score (nSPS) is 21.3. The van der Waals surface area contributed by atoms with E-state index in [4.69, 9.17) is 22.5 Å². The highest BCUT2D eigenvalue weighted by Crippen LogP contribution is 2.36. The molecule has 2 rings (SSSR count). The van der Waals surface area contributed by atoms with Gasteiger partial charge in [-0.3, -0.25) is 14.8 Å². The summed E-state index contributed by atoms with van der Waals surface area (Å²) in [7, 11) is 0. The van der Waals surface area contributed by atoms with Gasteiger partial charge < -0.3 is 11.1 Å². The molecule has 5 N–H and O–H groups in total. The van der Waals surface area contributed by atoms with Crippen LogP contribution >= 0.6 is 11.6 Å². The van der Waals surface area contributed by atoms with Crippen LogP contribution in [0.1, 0.15) is 44.6 Å². The molecule has 0 spiro atoms. The van der Waals surface area contributed by atoms with E-state index in [1.807, 2.05) is 24.3 Å². The molecule has 1 aromatic carbocycles. The maximum absolute atomic E-state index is 12.1. The fourth-order valence-corrected chi connectivity index (χ4v) is 3.08. The van der Waals surface area contributed by atoms with Crippen molar-refractivity contribution in [2.24, 2.45) is 11.7 Å². The zero-order valence-corrected chi connectivity index (χ0v) is 13.6. The average molecular weight is 356 g/mol. The summed E-state index contributed by atoms with van der Waals surface area (Å²) in [4.78, 5) is 23.2. The number of hydrogen-bond acceptors (Lipinski definition) is 4. The second-order valence-corrected chi connectivity index (χ2v) is 6.36. The highest BCUT2D eigenvalue weighted by Gasteiger charge is 2.27. The lowest BCUT2D eigenvalue weighted by atomic mass is 9.78. The SMILES string of the molecule is C.N[C@H](CNC(=O)C1CCC(c2ccc(Cl)cc2)CC1)C(=O)NO. The van der Waals surface area contributed by atoms with E-state index in [1.165, 1.54) is 11.0 Å². The molecule has 1 aliphatic rings. The Labute approximate surface area is 147 Å². The summed E-state index contributed by atoms with van der Waals surface area (Å²) in [5, 5.41) is 11.9. The number of hydrogen-bond donors (Lipinski definition) is 4. The van der Waals surface area contributed by atoms with Crippen molar-refractivity contribution < 1.29 is 14.8 Å². The van der Waals surface area contributed by atoms with Gasteiger partial charge in [-0.2, -0.15) is 0 Å². The Bertz CT molecular complexity index is 543. The minimum absolute atomic E-state index is 0. The smallest absolute Gasteiger partial charge is 0.262 e. The molecule has 0 aliphatic heterocycles. The second-order valence-electron chi connectivity index (χ2n) is 5.93. The van der Waals surface area contributed by atoms with Gasteiger partial charge in [-0.15, -0.1) is 0 Å². The monoisotopic (exact) mass is 355 g/mol. The van der Waals surface area contributed by atoms with Crippen molar-refractivity contribution in [1.29, 1.82) is 0 Å². The standard InChI is InChI=1S/C16H22ClN3O3.CH4/c17-13-7-5-11(6-8-13)10-1-3-12(4-2-10)15(21)19-9-14(18)16(22)20-23;/h5-8,10,12,14,23H,1-4,9,18H2,(H,19,21)(H,20,22);1H4/t10?,12?,14-;/m1./s1. The molecular formula is C17H26ClN3O3. The second kappa shape index (κ2) is 9.61. The molecule has 1 atom stereocenters. The minimum Gasteiger partial charge on any atom is -0.354 e. The molecule has 7 heteroatoms. The summed E-state index contributed by atoms with van der Waals surface area (Å²) in [5.74, 6) is -0.390. The first-order chi connectivity index (χ1) is 11.0. The zero-order chi connectivity index (χ0) is 16.8. The quantitative estimate of drug-likeness (QED) is 0.480. The summed E-state index contributed by atoms with van der Waals surface area (Å²) in [6.07, 6.45) is 3.51. The van der Waals surface area contributed by atoms with Gasteiger partial charge in [0.2, 0.25) is 5.91 Å². The Morgan fingerprint density at radius 3 is 2.33 bits per heavy atom. The van der Waals surface area contributed by atoms with E-state index >= 15 is 0 Å². The third-order valence-electron chi connectivity index (χ3n) is 4.38. The van der Waals surface area contributed by atoms with E-state index in [9.17, 15) is 9.59 Å². The molecule has 0 bridgehead atoms. The first kappa shape index (κ1) is 20.4. The third kappa shape index (κ3) is 5.47. The summed E-state index contributed by atoms with van der Waals surface area (Å²) < 4.78 is 0. The van der Waals surface area contributed by atoms with Crippen LogP contribution in [0.25, 0.3) is 0 Å². The van der Waals surface area contributed by atoms with Gasteiger partial charge in [-0.05, 0) is 49.3 Å². The molecule has 0 unspecified atom stereocenters. The highest BCUT2D eigenvalue weighted by atomic mass is 35.5. The highest BCUT2D eigenvalue weighted by molar-refractivity contribution is 6.30. The van der Waals surface area contributed by atoms with Crippen LogP contribution in [-0.4, -0.2) is 29.6 Å². The van der Waals surface area contributed by atoms with Crippen molar-refractivity contribution in [2.45, 2.75) is 45.1 Å². The van der Waals surface area contributed by atoms with Crippen molar-refractivity contribution in [3.8, 4) is 0 Å². The number of amides is 2. The van der Waals surface area contributed by atoms with E-state index in [0.29, 0.717) is 5.92 Å². The summed E-state index contributed by atoms with van der Waals surface area (Å²) >= 11 is 5.90. The Morgan fingerprint density at radius 2 is 1.79 bits per heavy atom. The van der Waals surface area contributed by atoms with Gasteiger partial charge in [0.25, 0.3) is 5.91 Å². The molecule has 0 heterocycles. The maximum Gasteiger partial charge on any atom is 0.262 e. The summed E-state index contributed by atoms with van der Waals surface area (Å²) in [6, 6.07) is 6.92. The molecule has 1 saturated carbocycles. The predicted octanol–water partition coefficient (Wildman–Crippen LogP) is 2.20. The lowest BCUT2D eigenvalue weighted by molar-refractivity contribution is -0.131. The average Bonchev–Trinajstić information content (AvgIpc) is 2.59. The first-order valence-corrected chi connectivity index (χ1v) is 8.11. The molecule has 24 heavy (non-hydrogen) atoms. The largest absolute Gasteiger partial charge is 0.354 e.